The third kappa shape index (κ3) is 2.18. The highest BCUT2D eigenvalue weighted by molar-refractivity contribution is 7.92. The van der Waals surface area contributed by atoms with Gasteiger partial charge in [-0.1, -0.05) is 35.9 Å². The molecule has 2 aliphatic heterocycles. The Kier molecular flexibility index (Phi) is 3.25. The summed E-state index contributed by atoms with van der Waals surface area (Å²) in [6.07, 6.45) is 0. The van der Waals surface area contributed by atoms with Crippen LogP contribution in [0.2, 0.25) is 0 Å². The first-order valence-electron chi connectivity index (χ1n) is 7.87. The van der Waals surface area contributed by atoms with Crippen molar-refractivity contribution in [2.75, 3.05) is 24.4 Å². The van der Waals surface area contributed by atoms with Gasteiger partial charge in [-0.2, -0.15) is 0 Å². The summed E-state index contributed by atoms with van der Waals surface area (Å²) in [4.78, 5) is 2.58. The molecule has 120 valence electrons. The Morgan fingerprint density at radius 1 is 1.04 bits per heavy atom. The minimum atomic E-state index is -3.54. The molecule has 23 heavy (non-hydrogen) atoms. The zero-order valence-corrected chi connectivity index (χ0v) is 14.1. The van der Waals surface area contributed by atoms with Crippen molar-refractivity contribution in [2.45, 2.75) is 23.8 Å². The molecular formula is C18H20N2O2S. The fourth-order valence-corrected chi connectivity index (χ4v) is 5.61. The molecule has 2 aromatic rings. The molecule has 4 nitrogen and oxygen atoms in total. The topological polar surface area (TPSA) is 40.6 Å². The van der Waals surface area contributed by atoms with Crippen LogP contribution in [0, 0.1) is 6.92 Å². The quantitative estimate of drug-likeness (QED) is 0.851. The second-order valence-electron chi connectivity index (χ2n) is 6.57. The van der Waals surface area contributed by atoms with E-state index in [1.54, 1.807) is 28.6 Å². The van der Waals surface area contributed by atoms with Gasteiger partial charge in [0.25, 0.3) is 10.0 Å². The van der Waals surface area contributed by atoms with Gasteiger partial charge < -0.3 is 4.90 Å². The summed E-state index contributed by atoms with van der Waals surface area (Å²) in [6, 6.07) is 14.8. The normalized spacial score (nSPS) is 23.8. The van der Waals surface area contributed by atoms with Crippen molar-refractivity contribution in [1.29, 1.82) is 0 Å². The van der Waals surface area contributed by atoms with E-state index in [4.69, 9.17) is 0 Å². The van der Waals surface area contributed by atoms with E-state index in [1.807, 2.05) is 18.2 Å². The summed E-state index contributed by atoms with van der Waals surface area (Å²) < 4.78 is 28.1. The van der Waals surface area contributed by atoms with Crippen LogP contribution < -0.4 is 4.31 Å². The highest BCUT2D eigenvalue weighted by Crippen LogP contribution is 2.47. The number of fused-ring (bicyclic) bond motifs is 3. The second kappa shape index (κ2) is 5.08. The van der Waals surface area contributed by atoms with Crippen LogP contribution in [0.1, 0.15) is 17.0 Å². The average molecular weight is 328 g/mol. The summed E-state index contributed by atoms with van der Waals surface area (Å²) in [7, 11) is -1.48. The Labute approximate surface area is 137 Å². The van der Waals surface area contributed by atoms with E-state index in [2.05, 4.69) is 24.9 Å². The number of likely N-dealkylation sites (tertiary alicyclic amines) is 1. The zero-order valence-electron chi connectivity index (χ0n) is 13.3. The van der Waals surface area contributed by atoms with Crippen molar-refractivity contribution >= 4 is 15.7 Å². The van der Waals surface area contributed by atoms with Crippen molar-refractivity contribution in [3.63, 3.8) is 0 Å². The molecule has 0 aromatic heterocycles. The third-order valence-corrected chi connectivity index (χ3v) is 6.75. The maximum atomic E-state index is 13.2. The Bertz CT molecular complexity index is 849. The number of rotatable bonds is 2. The van der Waals surface area contributed by atoms with Gasteiger partial charge in [0.15, 0.2) is 0 Å². The first-order chi connectivity index (χ1) is 11.0. The van der Waals surface area contributed by atoms with Crippen LogP contribution in [0.4, 0.5) is 5.69 Å². The van der Waals surface area contributed by atoms with Gasteiger partial charge in [0.05, 0.1) is 16.6 Å². The van der Waals surface area contributed by atoms with Crippen LogP contribution in [-0.4, -0.2) is 39.5 Å². The number of sulfonamides is 1. The van der Waals surface area contributed by atoms with Crippen LogP contribution in [0.25, 0.3) is 0 Å². The van der Waals surface area contributed by atoms with E-state index >= 15 is 0 Å². The number of anilines is 1. The third-order valence-electron chi connectivity index (χ3n) is 4.89. The lowest BCUT2D eigenvalue weighted by molar-refractivity contribution is 0.406. The number of aryl methyl sites for hydroxylation is 1. The first kappa shape index (κ1) is 14.7. The fourth-order valence-electron chi connectivity index (χ4n) is 3.89. The van der Waals surface area contributed by atoms with Crippen LogP contribution in [0.15, 0.2) is 53.4 Å². The monoisotopic (exact) mass is 328 g/mol. The molecule has 4 rings (SSSR count). The molecule has 2 atom stereocenters. The van der Waals surface area contributed by atoms with Crippen LogP contribution >= 0.6 is 0 Å². The lowest BCUT2D eigenvalue weighted by atomic mass is 9.97. The zero-order chi connectivity index (χ0) is 16.2. The summed E-state index contributed by atoms with van der Waals surface area (Å²) in [6.45, 7) is 3.73. The largest absolute Gasteiger partial charge is 0.304 e. The Morgan fingerprint density at radius 2 is 1.78 bits per heavy atom. The lowest BCUT2D eigenvalue weighted by Gasteiger charge is -2.26. The number of hydrogen-bond donors (Lipinski definition) is 0. The first-order valence-corrected chi connectivity index (χ1v) is 9.31. The summed E-state index contributed by atoms with van der Waals surface area (Å²) in [5, 5.41) is 0. The number of hydrogen-bond acceptors (Lipinski definition) is 3. The van der Waals surface area contributed by atoms with Gasteiger partial charge in [0, 0.05) is 19.0 Å². The van der Waals surface area contributed by atoms with Crippen molar-refractivity contribution < 1.29 is 8.42 Å². The van der Waals surface area contributed by atoms with Gasteiger partial charge in [-0.25, -0.2) is 8.42 Å². The van der Waals surface area contributed by atoms with Gasteiger partial charge >= 0.3 is 0 Å². The molecule has 2 aromatic carbocycles. The highest BCUT2D eigenvalue weighted by Gasteiger charge is 2.48. The second-order valence-corrected chi connectivity index (χ2v) is 8.39. The van der Waals surface area contributed by atoms with Crippen molar-refractivity contribution in [3.05, 3.63) is 59.7 Å². The molecular weight excluding hydrogens is 308 g/mol. The predicted molar refractivity (Wildman–Crippen MR) is 91.3 cm³/mol. The molecule has 5 heteroatoms. The van der Waals surface area contributed by atoms with Crippen LogP contribution in [0.5, 0.6) is 0 Å². The molecule has 0 bridgehead atoms. The summed E-state index contributed by atoms with van der Waals surface area (Å²) in [5.41, 5.74) is 3.19. The SMILES string of the molecule is Cc1ccc2c(c1)[C@H]1CN(C)C[C@H]1N2S(=O)(=O)c1ccccc1. The van der Waals surface area contributed by atoms with Gasteiger partial charge in [-0.05, 0) is 37.7 Å². The fraction of sp³-hybridized carbons (Fsp3) is 0.333. The van der Waals surface area contributed by atoms with Gasteiger partial charge in [0.2, 0.25) is 0 Å². The molecule has 2 aliphatic rings. The molecule has 0 aliphatic carbocycles. The maximum Gasteiger partial charge on any atom is 0.264 e. The van der Waals surface area contributed by atoms with Crippen molar-refractivity contribution in [2.24, 2.45) is 0 Å². The molecule has 2 heterocycles. The molecule has 0 amide bonds. The van der Waals surface area contributed by atoms with Gasteiger partial charge in [0.1, 0.15) is 0 Å². The van der Waals surface area contributed by atoms with Crippen molar-refractivity contribution in [3.8, 4) is 0 Å². The highest BCUT2D eigenvalue weighted by atomic mass is 32.2. The van der Waals surface area contributed by atoms with E-state index in [0.29, 0.717) is 4.90 Å². The van der Waals surface area contributed by atoms with Crippen LogP contribution in [0.3, 0.4) is 0 Å². The maximum absolute atomic E-state index is 13.2. The molecule has 0 spiro atoms. The summed E-state index contributed by atoms with van der Waals surface area (Å²) in [5.74, 6) is 0.258. The number of likely N-dealkylation sites (N-methyl/N-ethyl adjacent to an activating group) is 1. The van der Waals surface area contributed by atoms with E-state index < -0.39 is 10.0 Å². The predicted octanol–water partition coefficient (Wildman–Crippen LogP) is 2.60. The van der Waals surface area contributed by atoms with E-state index in [9.17, 15) is 8.42 Å². The van der Waals surface area contributed by atoms with Crippen LogP contribution in [-0.2, 0) is 10.0 Å². The minimum absolute atomic E-state index is 0.0120. The Balaban J connectivity index is 1.88. The van der Waals surface area contributed by atoms with E-state index in [1.165, 1.54) is 11.1 Å². The molecule has 1 saturated heterocycles. The average Bonchev–Trinajstić information content (AvgIpc) is 3.03. The number of benzene rings is 2. The molecule has 0 N–H and O–H groups in total. The molecule has 0 saturated carbocycles. The molecule has 0 unspecified atom stereocenters. The Hall–Kier alpha value is -1.85. The Morgan fingerprint density at radius 3 is 2.52 bits per heavy atom. The minimum Gasteiger partial charge on any atom is -0.304 e. The van der Waals surface area contributed by atoms with Gasteiger partial charge in [-0.3, -0.25) is 4.31 Å². The number of nitrogens with zero attached hydrogens (tertiary/aromatic N) is 2. The van der Waals surface area contributed by atoms with Gasteiger partial charge in [-0.15, -0.1) is 0 Å². The summed E-state index contributed by atoms with van der Waals surface area (Å²) >= 11 is 0. The lowest BCUT2D eigenvalue weighted by Crippen LogP contribution is -2.40. The smallest absolute Gasteiger partial charge is 0.264 e. The standard InChI is InChI=1S/C18H20N2O2S/c1-13-8-9-17-15(10-13)16-11-19(2)12-18(16)20(17)23(21,22)14-6-4-3-5-7-14/h3-10,16,18H,11-12H2,1-2H3/t16-,18-/m1/s1. The molecule has 1 fully saturated rings. The van der Waals surface area contributed by atoms with Crippen molar-refractivity contribution in [1.82, 2.24) is 4.90 Å². The van der Waals surface area contributed by atoms with E-state index in [0.717, 1.165) is 18.8 Å². The molecule has 0 radical (unpaired) electrons. The van der Waals surface area contributed by atoms with E-state index in [-0.39, 0.29) is 12.0 Å².